The second kappa shape index (κ2) is 9.36. The largest absolute Gasteiger partial charge is 0.477 e. The SMILES string of the molecule is OCC(COc1cncc2nnc(-c3ccc(OC(F)F)cc3)n12)c1c(F)cc(F)cc1F. The van der Waals surface area contributed by atoms with E-state index >= 15 is 0 Å². The van der Waals surface area contributed by atoms with Crippen molar-refractivity contribution in [3.8, 4) is 23.0 Å². The molecule has 0 aliphatic heterocycles. The molecule has 172 valence electrons. The molecule has 0 aliphatic carbocycles. The summed E-state index contributed by atoms with van der Waals surface area (Å²) < 4.78 is 77.7. The van der Waals surface area contributed by atoms with Gasteiger partial charge < -0.3 is 14.6 Å². The lowest BCUT2D eigenvalue weighted by Gasteiger charge is -2.18. The zero-order valence-corrected chi connectivity index (χ0v) is 16.6. The number of ether oxygens (including phenoxy) is 2. The van der Waals surface area contributed by atoms with Gasteiger partial charge in [0.2, 0.25) is 5.88 Å². The van der Waals surface area contributed by atoms with Crippen LogP contribution in [0.2, 0.25) is 0 Å². The number of nitrogens with zero attached hydrogens (tertiary/aromatic N) is 4. The molecule has 0 fully saturated rings. The molecule has 0 saturated heterocycles. The molecule has 4 aromatic rings. The van der Waals surface area contributed by atoms with E-state index in [4.69, 9.17) is 4.74 Å². The number of fused-ring (bicyclic) bond motifs is 1. The van der Waals surface area contributed by atoms with Crippen LogP contribution in [0.3, 0.4) is 0 Å². The van der Waals surface area contributed by atoms with Gasteiger partial charge in [0.1, 0.15) is 23.2 Å². The molecule has 0 radical (unpaired) electrons. The van der Waals surface area contributed by atoms with Crippen molar-refractivity contribution in [1.82, 2.24) is 19.6 Å². The summed E-state index contributed by atoms with van der Waals surface area (Å²) in [4.78, 5) is 3.98. The van der Waals surface area contributed by atoms with Gasteiger partial charge in [-0.1, -0.05) is 0 Å². The van der Waals surface area contributed by atoms with Crippen LogP contribution in [0.1, 0.15) is 11.5 Å². The fourth-order valence-corrected chi connectivity index (χ4v) is 3.25. The summed E-state index contributed by atoms with van der Waals surface area (Å²) in [6.45, 7) is -4.02. The lowest BCUT2D eigenvalue weighted by atomic mass is 9.99. The van der Waals surface area contributed by atoms with E-state index in [0.717, 1.165) is 0 Å². The molecule has 0 bridgehead atoms. The number of aromatic nitrogens is 4. The minimum Gasteiger partial charge on any atom is -0.477 e. The van der Waals surface area contributed by atoms with Gasteiger partial charge in [-0.25, -0.2) is 17.6 Å². The van der Waals surface area contributed by atoms with E-state index in [1.807, 2.05) is 0 Å². The first kappa shape index (κ1) is 22.4. The molecule has 7 nitrogen and oxygen atoms in total. The zero-order chi connectivity index (χ0) is 23.5. The van der Waals surface area contributed by atoms with Crippen LogP contribution in [0.5, 0.6) is 11.6 Å². The van der Waals surface area contributed by atoms with Gasteiger partial charge in [-0.3, -0.25) is 4.98 Å². The Balaban J connectivity index is 1.63. The fraction of sp³-hybridized carbons (Fsp3) is 0.190. The summed E-state index contributed by atoms with van der Waals surface area (Å²) in [6.07, 6.45) is 2.69. The Morgan fingerprint density at radius 3 is 2.30 bits per heavy atom. The monoisotopic (exact) mass is 466 g/mol. The highest BCUT2D eigenvalue weighted by atomic mass is 19.3. The first-order valence-electron chi connectivity index (χ1n) is 9.50. The smallest absolute Gasteiger partial charge is 0.387 e. The average molecular weight is 466 g/mol. The summed E-state index contributed by atoms with van der Waals surface area (Å²) >= 11 is 0. The predicted octanol–water partition coefficient (Wildman–Crippen LogP) is 3.96. The Labute approximate surface area is 183 Å². The van der Waals surface area contributed by atoms with Gasteiger partial charge in [-0.15, -0.1) is 10.2 Å². The minimum atomic E-state index is -2.97. The average Bonchev–Trinajstić information content (AvgIpc) is 3.20. The molecule has 1 unspecified atom stereocenters. The van der Waals surface area contributed by atoms with Crippen LogP contribution < -0.4 is 9.47 Å². The van der Waals surface area contributed by atoms with E-state index in [2.05, 4.69) is 19.9 Å². The highest BCUT2D eigenvalue weighted by Crippen LogP contribution is 2.28. The normalized spacial score (nSPS) is 12.3. The van der Waals surface area contributed by atoms with Crippen LogP contribution in [0.25, 0.3) is 17.0 Å². The number of aliphatic hydroxyl groups excluding tert-OH is 1. The Kier molecular flexibility index (Phi) is 6.36. The maximum absolute atomic E-state index is 14.1. The van der Waals surface area contributed by atoms with Crippen molar-refractivity contribution in [3.63, 3.8) is 0 Å². The van der Waals surface area contributed by atoms with Gasteiger partial charge in [-0.2, -0.15) is 8.78 Å². The highest BCUT2D eigenvalue weighted by molar-refractivity contribution is 5.61. The van der Waals surface area contributed by atoms with Crippen LogP contribution in [-0.4, -0.2) is 44.5 Å². The van der Waals surface area contributed by atoms with Crippen molar-refractivity contribution in [1.29, 1.82) is 0 Å². The summed E-state index contributed by atoms with van der Waals surface area (Å²) in [6, 6.07) is 6.65. The summed E-state index contributed by atoms with van der Waals surface area (Å²) in [7, 11) is 0. The van der Waals surface area contributed by atoms with Gasteiger partial charge in [0.15, 0.2) is 11.5 Å². The van der Waals surface area contributed by atoms with Crippen molar-refractivity contribution in [2.75, 3.05) is 13.2 Å². The number of hydrogen-bond donors (Lipinski definition) is 1. The van der Waals surface area contributed by atoms with Crippen LogP contribution >= 0.6 is 0 Å². The Morgan fingerprint density at radius 1 is 0.970 bits per heavy atom. The van der Waals surface area contributed by atoms with E-state index < -0.39 is 42.2 Å². The molecule has 0 amide bonds. The number of benzene rings is 2. The maximum Gasteiger partial charge on any atom is 0.387 e. The van der Waals surface area contributed by atoms with Crippen molar-refractivity contribution < 1.29 is 36.5 Å². The Hall–Kier alpha value is -3.80. The van der Waals surface area contributed by atoms with E-state index in [-0.39, 0.29) is 29.7 Å². The molecule has 0 aliphatic rings. The van der Waals surface area contributed by atoms with Gasteiger partial charge in [0, 0.05) is 29.2 Å². The number of rotatable bonds is 8. The van der Waals surface area contributed by atoms with E-state index in [0.29, 0.717) is 17.7 Å². The van der Waals surface area contributed by atoms with E-state index in [9.17, 15) is 27.1 Å². The Bertz CT molecular complexity index is 1240. The molecular weight excluding hydrogens is 451 g/mol. The molecule has 4 rings (SSSR count). The molecule has 1 N–H and O–H groups in total. The molecule has 12 heteroatoms. The van der Waals surface area contributed by atoms with Crippen molar-refractivity contribution in [2.24, 2.45) is 0 Å². The van der Waals surface area contributed by atoms with Crippen LogP contribution in [0, 0.1) is 17.5 Å². The first-order valence-corrected chi connectivity index (χ1v) is 9.50. The third-order valence-electron chi connectivity index (χ3n) is 4.73. The van der Waals surface area contributed by atoms with E-state index in [1.54, 1.807) is 0 Å². The van der Waals surface area contributed by atoms with Gasteiger partial charge >= 0.3 is 6.61 Å². The van der Waals surface area contributed by atoms with Gasteiger partial charge in [0.05, 0.1) is 25.6 Å². The number of hydrogen-bond acceptors (Lipinski definition) is 6. The van der Waals surface area contributed by atoms with Gasteiger partial charge in [-0.05, 0) is 24.3 Å². The molecule has 0 saturated carbocycles. The van der Waals surface area contributed by atoms with Crippen molar-refractivity contribution in [3.05, 3.63) is 71.8 Å². The topological polar surface area (TPSA) is 81.8 Å². The second-order valence-electron chi connectivity index (χ2n) is 6.84. The molecule has 0 spiro atoms. The predicted molar refractivity (Wildman–Crippen MR) is 104 cm³/mol. The molecule has 2 aromatic carbocycles. The number of alkyl halides is 2. The van der Waals surface area contributed by atoms with Gasteiger partial charge in [0.25, 0.3) is 0 Å². The quantitative estimate of drug-likeness (QED) is 0.396. The second-order valence-corrected chi connectivity index (χ2v) is 6.84. The summed E-state index contributed by atoms with van der Waals surface area (Å²) in [5, 5.41) is 17.7. The van der Waals surface area contributed by atoms with Crippen LogP contribution in [0.4, 0.5) is 22.0 Å². The molecule has 1 atom stereocenters. The lowest BCUT2D eigenvalue weighted by Crippen LogP contribution is -2.18. The zero-order valence-electron chi connectivity index (χ0n) is 16.6. The van der Waals surface area contributed by atoms with Crippen LogP contribution in [0.15, 0.2) is 48.8 Å². The Morgan fingerprint density at radius 2 is 1.67 bits per heavy atom. The molecule has 2 heterocycles. The number of halogens is 5. The van der Waals surface area contributed by atoms with Crippen LogP contribution in [-0.2, 0) is 0 Å². The highest BCUT2D eigenvalue weighted by Gasteiger charge is 2.23. The molecule has 2 aromatic heterocycles. The number of aliphatic hydroxyl groups is 1. The minimum absolute atomic E-state index is 0.0464. The lowest BCUT2D eigenvalue weighted by molar-refractivity contribution is -0.0498. The third kappa shape index (κ3) is 4.70. The summed E-state index contributed by atoms with van der Waals surface area (Å²) in [5.41, 5.74) is 0.238. The summed E-state index contributed by atoms with van der Waals surface area (Å²) in [5.74, 6) is -4.22. The first-order chi connectivity index (χ1) is 15.9. The maximum atomic E-state index is 14.1. The third-order valence-corrected chi connectivity index (χ3v) is 4.73. The molecular formula is C21H15F5N4O3. The fourth-order valence-electron chi connectivity index (χ4n) is 3.25. The van der Waals surface area contributed by atoms with E-state index in [1.165, 1.54) is 41.1 Å². The van der Waals surface area contributed by atoms with Crippen molar-refractivity contribution in [2.45, 2.75) is 12.5 Å². The molecule has 33 heavy (non-hydrogen) atoms. The standard InChI is InChI=1S/C21H15F5N4O3/c22-13-5-15(23)19(16(24)6-13)12(9-31)10-32-18-8-27-7-17-28-29-20(30(17)18)11-1-3-14(4-2-11)33-21(25)26/h1-8,12,21,31H,9-10H2. The van der Waals surface area contributed by atoms with Crippen molar-refractivity contribution >= 4 is 5.65 Å².